The lowest BCUT2D eigenvalue weighted by Crippen LogP contribution is -2.25. The molecule has 5 heteroatoms. The van der Waals surface area contributed by atoms with Gasteiger partial charge in [-0.3, -0.25) is 0 Å². The minimum Gasteiger partial charge on any atom is -0.381 e. The normalized spacial score (nSPS) is 32.9. The van der Waals surface area contributed by atoms with Crippen molar-refractivity contribution in [3.8, 4) is 0 Å². The summed E-state index contributed by atoms with van der Waals surface area (Å²) in [5, 5.41) is 3.54. The number of hydrogen-bond acceptors (Lipinski definition) is 3. The van der Waals surface area contributed by atoms with Gasteiger partial charge in [0.1, 0.15) is 0 Å². The van der Waals surface area contributed by atoms with Crippen LogP contribution in [0.3, 0.4) is 0 Å². The van der Waals surface area contributed by atoms with Gasteiger partial charge in [-0.05, 0) is 5.53 Å². The van der Waals surface area contributed by atoms with Crippen LogP contribution >= 0.6 is 0 Å². The highest BCUT2D eigenvalue weighted by Gasteiger charge is 2.36. The molecule has 2 aliphatic heterocycles. The van der Waals surface area contributed by atoms with Crippen molar-refractivity contribution in [3.63, 3.8) is 0 Å². The molecule has 0 aromatic carbocycles. The highest BCUT2D eigenvalue weighted by molar-refractivity contribution is 4.87. The monoisotopic (exact) mass is 182 g/mol. The Morgan fingerprint density at radius 2 is 2.08 bits per heavy atom. The summed E-state index contributed by atoms with van der Waals surface area (Å²) in [4.78, 5) is 5.11. The Kier molecular flexibility index (Phi) is 2.68. The smallest absolute Gasteiger partial charge is 0.0510 e. The molecule has 0 unspecified atom stereocenters. The van der Waals surface area contributed by atoms with Crippen LogP contribution in [0.25, 0.3) is 10.4 Å². The molecule has 2 saturated heterocycles. The van der Waals surface area contributed by atoms with Gasteiger partial charge in [0.2, 0.25) is 0 Å². The molecule has 0 bridgehead atoms. The van der Waals surface area contributed by atoms with Crippen molar-refractivity contribution in [2.75, 3.05) is 39.4 Å². The van der Waals surface area contributed by atoms with E-state index in [9.17, 15) is 0 Å². The Bertz CT molecular complexity index is 214. The maximum atomic E-state index is 8.12. The molecule has 13 heavy (non-hydrogen) atoms. The van der Waals surface area contributed by atoms with E-state index in [4.69, 9.17) is 10.3 Å². The summed E-state index contributed by atoms with van der Waals surface area (Å²) >= 11 is 0. The molecule has 0 N–H and O–H groups in total. The van der Waals surface area contributed by atoms with E-state index < -0.39 is 0 Å². The summed E-state index contributed by atoms with van der Waals surface area (Å²) in [5.74, 6) is 1.46. The average Bonchev–Trinajstić information content (AvgIpc) is 2.64. The molecule has 0 amide bonds. The van der Waals surface area contributed by atoms with Crippen molar-refractivity contribution in [1.82, 2.24) is 4.90 Å². The first-order chi connectivity index (χ1) is 6.40. The Balaban J connectivity index is 1.75. The molecule has 5 nitrogen and oxygen atoms in total. The standard InChI is InChI=1S/C8H14N4O/c9-11-10-1-2-12-3-7-5-13-6-8(7)4-12/h7-8H,1-6H2/t7-,8-/m1/s1. The zero-order valence-corrected chi connectivity index (χ0v) is 7.59. The molecular formula is C8H14N4O. The van der Waals surface area contributed by atoms with Crippen molar-refractivity contribution in [1.29, 1.82) is 0 Å². The minimum absolute atomic E-state index is 0.594. The summed E-state index contributed by atoms with van der Waals surface area (Å²) in [7, 11) is 0. The van der Waals surface area contributed by atoms with Gasteiger partial charge in [-0.25, -0.2) is 0 Å². The van der Waals surface area contributed by atoms with E-state index >= 15 is 0 Å². The fourth-order valence-electron chi connectivity index (χ4n) is 2.20. The van der Waals surface area contributed by atoms with E-state index in [1.54, 1.807) is 0 Å². The Morgan fingerprint density at radius 1 is 1.38 bits per heavy atom. The number of nitrogens with zero attached hydrogens (tertiary/aromatic N) is 4. The second kappa shape index (κ2) is 3.96. The van der Waals surface area contributed by atoms with Crippen LogP contribution in [-0.2, 0) is 4.74 Å². The Morgan fingerprint density at radius 3 is 2.69 bits per heavy atom. The molecule has 0 aliphatic carbocycles. The maximum Gasteiger partial charge on any atom is 0.0510 e. The molecule has 2 heterocycles. The zero-order valence-electron chi connectivity index (χ0n) is 7.59. The second-order valence-corrected chi connectivity index (χ2v) is 3.77. The molecule has 0 radical (unpaired) electrons. The van der Waals surface area contributed by atoms with Gasteiger partial charge in [0.15, 0.2) is 0 Å². The molecule has 0 aromatic rings. The number of azide groups is 1. The van der Waals surface area contributed by atoms with Crippen LogP contribution in [0.2, 0.25) is 0 Å². The molecular weight excluding hydrogens is 168 g/mol. The van der Waals surface area contributed by atoms with Crippen LogP contribution in [0.15, 0.2) is 5.11 Å². The average molecular weight is 182 g/mol. The first-order valence-electron chi connectivity index (χ1n) is 4.71. The van der Waals surface area contributed by atoms with Gasteiger partial charge in [-0.1, -0.05) is 5.11 Å². The van der Waals surface area contributed by atoms with Crippen LogP contribution in [0.4, 0.5) is 0 Å². The summed E-state index contributed by atoms with van der Waals surface area (Å²) in [5.41, 5.74) is 8.12. The van der Waals surface area contributed by atoms with E-state index in [-0.39, 0.29) is 0 Å². The van der Waals surface area contributed by atoms with Crippen LogP contribution in [-0.4, -0.2) is 44.3 Å². The van der Waals surface area contributed by atoms with Gasteiger partial charge in [-0.15, -0.1) is 0 Å². The fourth-order valence-corrected chi connectivity index (χ4v) is 2.20. The molecule has 2 aliphatic rings. The Labute approximate surface area is 77.3 Å². The molecule has 72 valence electrons. The van der Waals surface area contributed by atoms with E-state index in [1.165, 1.54) is 0 Å². The van der Waals surface area contributed by atoms with Crippen molar-refractivity contribution in [2.24, 2.45) is 17.0 Å². The summed E-state index contributed by atoms with van der Waals surface area (Å²) in [6.45, 7) is 5.57. The molecule has 2 atom stereocenters. The van der Waals surface area contributed by atoms with Crippen molar-refractivity contribution >= 4 is 0 Å². The zero-order chi connectivity index (χ0) is 9.10. The molecule has 2 rings (SSSR count). The van der Waals surface area contributed by atoms with Crippen LogP contribution in [0, 0.1) is 11.8 Å². The Hall–Kier alpha value is -0.770. The van der Waals surface area contributed by atoms with E-state index in [2.05, 4.69) is 14.9 Å². The van der Waals surface area contributed by atoms with Crippen molar-refractivity contribution in [3.05, 3.63) is 10.4 Å². The largest absolute Gasteiger partial charge is 0.381 e. The first-order valence-corrected chi connectivity index (χ1v) is 4.71. The number of hydrogen-bond donors (Lipinski definition) is 0. The predicted molar refractivity (Wildman–Crippen MR) is 48.3 cm³/mol. The number of rotatable bonds is 3. The topological polar surface area (TPSA) is 61.2 Å². The SMILES string of the molecule is [N-]=[N+]=NCCN1C[C@@H]2COC[C@H]2C1. The van der Waals surface area contributed by atoms with E-state index in [0.29, 0.717) is 6.54 Å². The lowest BCUT2D eigenvalue weighted by Gasteiger charge is -2.14. The first kappa shape index (κ1) is 8.81. The van der Waals surface area contributed by atoms with E-state index in [0.717, 1.165) is 44.7 Å². The van der Waals surface area contributed by atoms with Gasteiger partial charge in [0.05, 0.1) is 13.2 Å². The molecule has 0 spiro atoms. The highest BCUT2D eigenvalue weighted by atomic mass is 16.5. The molecule has 0 aromatic heterocycles. The third-order valence-electron chi connectivity index (χ3n) is 2.90. The van der Waals surface area contributed by atoms with Gasteiger partial charge in [-0.2, -0.15) is 0 Å². The van der Waals surface area contributed by atoms with Gasteiger partial charge in [0, 0.05) is 42.9 Å². The lowest BCUT2D eigenvalue weighted by molar-refractivity contribution is 0.155. The summed E-state index contributed by atoms with van der Waals surface area (Å²) in [6.07, 6.45) is 0. The molecule has 2 fully saturated rings. The summed E-state index contributed by atoms with van der Waals surface area (Å²) < 4.78 is 5.38. The van der Waals surface area contributed by atoms with Crippen molar-refractivity contribution in [2.45, 2.75) is 0 Å². The number of likely N-dealkylation sites (tertiary alicyclic amines) is 1. The maximum absolute atomic E-state index is 8.12. The predicted octanol–water partition coefficient (Wildman–Crippen LogP) is 0.875. The van der Waals surface area contributed by atoms with E-state index in [1.807, 2.05) is 0 Å². The molecule has 0 saturated carbocycles. The number of fused-ring (bicyclic) bond motifs is 1. The van der Waals surface area contributed by atoms with Crippen LogP contribution in [0.1, 0.15) is 0 Å². The van der Waals surface area contributed by atoms with Gasteiger partial charge in [0.25, 0.3) is 0 Å². The quantitative estimate of drug-likeness (QED) is 0.369. The van der Waals surface area contributed by atoms with Gasteiger partial charge < -0.3 is 9.64 Å². The lowest BCUT2D eigenvalue weighted by atomic mass is 10.0. The highest BCUT2D eigenvalue weighted by Crippen LogP contribution is 2.28. The van der Waals surface area contributed by atoms with Crippen LogP contribution in [0.5, 0.6) is 0 Å². The summed E-state index contributed by atoms with van der Waals surface area (Å²) in [6, 6.07) is 0. The van der Waals surface area contributed by atoms with Crippen LogP contribution < -0.4 is 0 Å². The van der Waals surface area contributed by atoms with Gasteiger partial charge >= 0.3 is 0 Å². The number of ether oxygens (including phenoxy) is 1. The third-order valence-corrected chi connectivity index (χ3v) is 2.90. The third kappa shape index (κ3) is 1.94. The second-order valence-electron chi connectivity index (χ2n) is 3.77. The fraction of sp³-hybridized carbons (Fsp3) is 1.00. The minimum atomic E-state index is 0.594. The van der Waals surface area contributed by atoms with Crippen molar-refractivity contribution < 1.29 is 4.74 Å².